The average Bonchev–Trinajstić information content (AvgIpc) is 3.19. The number of benzene rings is 1. The zero-order chi connectivity index (χ0) is 16.5. The SMILES string of the molecule is CNc1cccc2nc(-c3nonc3C)n(Cc3cccnc3)c12. The van der Waals surface area contributed by atoms with E-state index in [2.05, 4.69) is 25.2 Å². The lowest BCUT2D eigenvalue weighted by Gasteiger charge is -2.10. The number of nitrogens with one attached hydrogen (secondary N) is 1. The second-order valence-electron chi connectivity index (χ2n) is 5.50. The minimum absolute atomic E-state index is 0.630. The highest BCUT2D eigenvalue weighted by Crippen LogP contribution is 2.30. The number of aromatic nitrogens is 5. The number of pyridine rings is 1. The Bertz CT molecular complexity index is 989. The zero-order valence-corrected chi connectivity index (χ0v) is 13.4. The van der Waals surface area contributed by atoms with Crippen LogP contribution in [0.15, 0.2) is 47.4 Å². The van der Waals surface area contributed by atoms with Crippen molar-refractivity contribution in [2.75, 3.05) is 12.4 Å². The first-order valence-electron chi connectivity index (χ1n) is 7.63. The van der Waals surface area contributed by atoms with Gasteiger partial charge in [0.25, 0.3) is 0 Å². The Morgan fingerprint density at radius 1 is 1.17 bits per heavy atom. The van der Waals surface area contributed by atoms with E-state index < -0.39 is 0 Å². The fourth-order valence-electron chi connectivity index (χ4n) is 2.83. The quantitative estimate of drug-likeness (QED) is 0.622. The first-order valence-corrected chi connectivity index (χ1v) is 7.63. The van der Waals surface area contributed by atoms with Crippen molar-refractivity contribution in [2.24, 2.45) is 0 Å². The summed E-state index contributed by atoms with van der Waals surface area (Å²) in [6.07, 6.45) is 3.62. The molecule has 0 aliphatic carbocycles. The van der Waals surface area contributed by atoms with E-state index in [0.717, 1.165) is 28.1 Å². The summed E-state index contributed by atoms with van der Waals surface area (Å²) < 4.78 is 6.99. The highest BCUT2D eigenvalue weighted by Gasteiger charge is 2.20. The van der Waals surface area contributed by atoms with Crippen molar-refractivity contribution in [1.82, 2.24) is 24.8 Å². The lowest BCUT2D eigenvalue weighted by molar-refractivity contribution is 0.305. The molecule has 1 N–H and O–H groups in total. The van der Waals surface area contributed by atoms with Crippen LogP contribution in [0.25, 0.3) is 22.6 Å². The van der Waals surface area contributed by atoms with Crippen LogP contribution in [0.4, 0.5) is 5.69 Å². The molecular formula is C17H16N6O. The van der Waals surface area contributed by atoms with Gasteiger partial charge in [0.05, 0.1) is 23.3 Å². The van der Waals surface area contributed by atoms with E-state index in [4.69, 9.17) is 9.61 Å². The molecule has 7 nitrogen and oxygen atoms in total. The zero-order valence-electron chi connectivity index (χ0n) is 13.4. The second kappa shape index (κ2) is 5.77. The van der Waals surface area contributed by atoms with Gasteiger partial charge in [-0.2, -0.15) is 0 Å². The molecule has 1 aromatic carbocycles. The summed E-state index contributed by atoms with van der Waals surface area (Å²) in [5.74, 6) is 0.732. The summed E-state index contributed by atoms with van der Waals surface area (Å²) in [7, 11) is 1.90. The molecule has 0 radical (unpaired) electrons. The molecule has 24 heavy (non-hydrogen) atoms. The number of imidazole rings is 1. The second-order valence-corrected chi connectivity index (χ2v) is 5.50. The van der Waals surface area contributed by atoms with E-state index in [9.17, 15) is 0 Å². The van der Waals surface area contributed by atoms with Crippen molar-refractivity contribution in [3.63, 3.8) is 0 Å². The van der Waals surface area contributed by atoms with Crippen LogP contribution >= 0.6 is 0 Å². The van der Waals surface area contributed by atoms with E-state index in [-0.39, 0.29) is 0 Å². The maximum absolute atomic E-state index is 4.88. The van der Waals surface area contributed by atoms with Crippen LogP contribution in [-0.2, 0) is 6.54 Å². The average molecular weight is 320 g/mol. The molecule has 0 amide bonds. The summed E-state index contributed by atoms with van der Waals surface area (Å²) in [6.45, 7) is 2.49. The molecule has 7 heteroatoms. The van der Waals surface area contributed by atoms with Crippen LogP contribution in [0.1, 0.15) is 11.3 Å². The Morgan fingerprint density at radius 3 is 2.79 bits per heavy atom. The van der Waals surface area contributed by atoms with Gasteiger partial charge in [0.15, 0.2) is 11.5 Å². The molecule has 120 valence electrons. The molecule has 0 saturated carbocycles. The van der Waals surface area contributed by atoms with Gasteiger partial charge in [-0.3, -0.25) is 4.98 Å². The maximum Gasteiger partial charge on any atom is 0.173 e. The fourth-order valence-corrected chi connectivity index (χ4v) is 2.83. The lowest BCUT2D eigenvalue weighted by Crippen LogP contribution is -2.05. The van der Waals surface area contributed by atoms with E-state index in [1.165, 1.54) is 0 Å². The number of rotatable bonds is 4. The third-order valence-corrected chi connectivity index (χ3v) is 3.96. The number of hydrogen-bond acceptors (Lipinski definition) is 6. The molecule has 0 saturated heterocycles. The minimum Gasteiger partial charge on any atom is -0.386 e. The van der Waals surface area contributed by atoms with E-state index >= 15 is 0 Å². The summed E-state index contributed by atoms with van der Waals surface area (Å²) >= 11 is 0. The monoisotopic (exact) mass is 320 g/mol. The molecule has 0 atom stereocenters. The van der Waals surface area contributed by atoms with Crippen LogP contribution in [-0.4, -0.2) is 31.9 Å². The predicted octanol–water partition coefficient (Wildman–Crippen LogP) is 2.88. The Hall–Kier alpha value is -3.22. The van der Waals surface area contributed by atoms with Gasteiger partial charge >= 0.3 is 0 Å². The van der Waals surface area contributed by atoms with Crippen LogP contribution in [0, 0.1) is 6.92 Å². The molecule has 0 bridgehead atoms. The molecular weight excluding hydrogens is 304 g/mol. The van der Waals surface area contributed by atoms with Crippen molar-refractivity contribution in [3.8, 4) is 11.5 Å². The molecule has 0 aliphatic rings. The van der Waals surface area contributed by atoms with Crippen LogP contribution in [0.2, 0.25) is 0 Å². The van der Waals surface area contributed by atoms with Crippen molar-refractivity contribution < 1.29 is 4.63 Å². The Kier molecular flexibility index (Phi) is 3.45. The summed E-state index contributed by atoms with van der Waals surface area (Å²) in [4.78, 5) is 8.96. The molecule has 0 aliphatic heterocycles. The van der Waals surface area contributed by atoms with Crippen molar-refractivity contribution >= 4 is 16.7 Å². The van der Waals surface area contributed by atoms with Crippen molar-refractivity contribution in [3.05, 3.63) is 54.0 Å². The van der Waals surface area contributed by atoms with Gasteiger partial charge in [-0.05, 0) is 35.8 Å². The fraction of sp³-hybridized carbons (Fsp3) is 0.176. The van der Waals surface area contributed by atoms with Gasteiger partial charge in [-0.1, -0.05) is 17.3 Å². The minimum atomic E-state index is 0.630. The first-order chi connectivity index (χ1) is 11.8. The molecule has 4 rings (SSSR count). The molecule has 0 spiro atoms. The first kappa shape index (κ1) is 14.4. The molecule has 4 aromatic rings. The molecule has 0 fully saturated rings. The summed E-state index contributed by atoms with van der Waals surface area (Å²) in [6, 6.07) is 9.96. The van der Waals surface area contributed by atoms with E-state index in [1.54, 1.807) is 6.20 Å². The number of hydrogen-bond donors (Lipinski definition) is 1. The lowest BCUT2D eigenvalue weighted by atomic mass is 10.2. The number of fused-ring (bicyclic) bond motifs is 1. The van der Waals surface area contributed by atoms with Crippen LogP contribution in [0.5, 0.6) is 0 Å². The van der Waals surface area contributed by atoms with Gasteiger partial charge < -0.3 is 9.88 Å². The third-order valence-electron chi connectivity index (χ3n) is 3.96. The van der Waals surface area contributed by atoms with Crippen LogP contribution < -0.4 is 5.32 Å². The largest absolute Gasteiger partial charge is 0.386 e. The molecule has 3 heterocycles. The van der Waals surface area contributed by atoms with Gasteiger partial charge in [0, 0.05) is 19.4 Å². The number of anilines is 1. The third kappa shape index (κ3) is 2.30. The topological polar surface area (TPSA) is 81.7 Å². The highest BCUT2D eigenvalue weighted by atomic mass is 16.6. The maximum atomic E-state index is 4.88. The van der Waals surface area contributed by atoms with Crippen molar-refractivity contribution in [1.29, 1.82) is 0 Å². The van der Waals surface area contributed by atoms with Crippen molar-refractivity contribution in [2.45, 2.75) is 13.5 Å². The normalized spacial score (nSPS) is 11.1. The predicted molar refractivity (Wildman–Crippen MR) is 90.6 cm³/mol. The highest BCUT2D eigenvalue weighted by molar-refractivity contribution is 5.91. The Balaban J connectivity index is 1.98. The summed E-state index contributed by atoms with van der Waals surface area (Å²) in [5, 5.41) is 11.2. The Labute approximate surface area is 138 Å². The standard InChI is InChI=1S/C17H16N6O/c1-11-15(22-24-21-11)17-20-14-7-3-6-13(18-2)16(14)23(17)10-12-5-4-8-19-9-12/h3-9,18H,10H2,1-2H3. The van der Waals surface area contributed by atoms with Gasteiger partial charge in [0.2, 0.25) is 0 Å². The smallest absolute Gasteiger partial charge is 0.173 e. The molecule has 0 unspecified atom stereocenters. The molecule has 3 aromatic heterocycles. The number of aryl methyl sites for hydroxylation is 1. The van der Waals surface area contributed by atoms with Gasteiger partial charge in [-0.15, -0.1) is 0 Å². The van der Waals surface area contributed by atoms with Crippen LogP contribution in [0.3, 0.4) is 0 Å². The van der Waals surface area contributed by atoms with Gasteiger partial charge in [0.1, 0.15) is 5.69 Å². The Morgan fingerprint density at radius 2 is 2.08 bits per heavy atom. The van der Waals surface area contributed by atoms with E-state index in [1.807, 2.05) is 50.5 Å². The van der Waals surface area contributed by atoms with Gasteiger partial charge in [-0.25, -0.2) is 9.61 Å². The van der Waals surface area contributed by atoms with E-state index in [0.29, 0.717) is 17.9 Å². The number of nitrogens with zero attached hydrogens (tertiary/aromatic N) is 5. The summed E-state index contributed by atoms with van der Waals surface area (Å²) in [5.41, 5.74) is 5.35. The number of para-hydroxylation sites is 1.